The quantitative estimate of drug-likeness (QED) is 0.0523. The number of hydrogen-bond donors (Lipinski definition) is 4. The minimum atomic E-state index is -1.90. The van der Waals surface area contributed by atoms with E-state index in [1.165, 1.54) is 135 Å². The Hall–Kier alpha value is -1.02. The van der Waals surface area contributed by atoms with Gasteiger partial charge >= 0.3 is 5.97 Å². The number of ketones is 1. The summed E-state index contributed by atoms with van der Waals surface area (Å²) >= 11 is 0. The monoisotopic (exact) mass is 572 g/mol. The van der Waals surface area contributed by atoms with Gasteiger partial charge in [0.25, 0.3) is 0 Å². The van der Waals surface area contributed by atoms with Crippen molar-refractivity contribution in [1.82, 2.24) is 0 Å². The van der Waals surface area contributed by atoms with E-state index in [0.717, 1.165) is 12.8 Å². The van der Waals surface area contributed by atoms with Crippen LogP contribution in [0.1, 0.15) is 167 Å². The highest BCUT2D eigenvalue weighted by atomic mass is 16.5. The molecule has 0 aromatic rings. The van der Waals surface area contributed by atoms with Gasteiger partial charge in [0.1, 0.15) is 18.3 Å². The number of aliphatic hydroxyl groups is 4. The lowest BCUT2D eigenvalue weighted by Gasteiger charge is -2.20. The first-order valence-corrected chi connectivity index (χ1v) is 16.8. The molecule has 0 aliphatic carbocycles. The standard InChI is InChI=1S/C33H64O7/c1-2-3-4-5-6-7-8-9-10-11-12-13-14-15-16-17-18-19-20-21-22-23-24-25-26-31(37)40-28-30(36)33(39)32(38)29(35)27-34/h29,32-35,38-39H,2-28H2,1H3/t29-,32+,33+/m1/s1. The zero-order chi connectivity index (χ0) is 29.7. The molecular formula is C33H64O7. The molecule has 0 aromatic carbocycles. The summed E-state index contributed by atoms with van der Waals surface area (Å²) in [6.07, 6.45) is 26.5. The fraction of sp³-hybridized carbons (Fsp3) is 0.939. The van der Waals surface area contributed by atoms with Crippen LogP contribution < -0.4 is 0 Å². The maximum absolute atomic E-state index is 11.7. The first-order chi connectivity index (χ1) is 19.4. The molecule has 7 nitrogen and oxygen atoms in total. The lowest BCUT2D eigenvalue weighted by atomic mass is 10.0. The van der Waals surface area contributed by atoms with Crippen LogP contribution in [0.3, 0.4) is 0 Å². The van der Waals surface area contributed by atoms with E-state index in [4.69, 9.17) is 9.84 Å². The highest BCUT2D eigenvalue weighted by Crippen LogP contribution is 2.16. The van der Waals surface area contributed by atoms with Crippen molar-refractivity contribution in [3.8, 4) is 0 Å². The van der Waals surface area contributed by atoms with E-state index in [0.29, 0.717) is 6.42 Å². The number of carbonyl (C=O) groups excluding carboxylic acids is 2. The highest BCUT2D eigenvalue weighted by Gasteiger charge is 2.30. The van der Waals surface area contributed by atoms with Crippen molar-refractivity contribution in [3.63, 3.8) is 0 Å². The summed E-state index contributed by atoms with van der Waals surface area (Å²) in [5, 5.41) is 37.1. The molecule has 40 heavy (non-hydrogen) atoms. The number of carbonyl (C=O) groups is 2. The van der Waals surface area contributed by atoms with Gasteiger partial charge in [-0.3, -0.25) is 9.59 Å². The van der Waals surface area contributed by atoms with E-state index < -0.39 is 43.3 Å². The summed E-state index contributed by atoms with van der Waals surface area (Å²) in [6, 6.07) is 0. The molecular weight excluding hydrogens is 508 g/mol. The van der Waals surface area contributed by atoms with Crippen LogP contribution in [0.25, 0.3) is 0 Å². The Morgan fingerprint density at radius 3 is 1.20 bits per heavy atom. The van der Waals surface area contributed by atoms with Crippen molar-refractivity contribution in [1.29, 1.82) is 0 Å². The van der Waals surface area contributed by atoms with Crippen LogP contribution in [0.15, 0.2) is 0 Å². The van der Waals surface area contributed by atoms with Crippen LogP contribution in [0.2, 0.25) is 0 Å². The van der Waals surface area contributed by atoms with E-state index in [-0.39, 0.29) is 6.42 Å². The average molecular weight is 573 g/mol. The smallest absolute Gasteiger partial charge is 0.306 e. The van der Waals surface area contributed by atoms with Crippen molar-refractivity contribution in [2.75, 3.05) is 13.2 Å². The molecule has 0 aromatic heterocycles. The normalized spacial score (nSPS) is 13.7. The summed E-state index contributed by atoms with van der Waals surface area (Å²) in [5.74, 6) is -1.43. The predicted molar refractivity (Wildman–Crippen MR) is 162 cm³/mol. The number of ether oxygens (including phenoxy) is 1. The van der Waals surface area contributed by atoms with E-state index in [2.05, 4.69) is 6.92 Å². The van der Waals surface area contributed by atoms with Gasteiger partial charge in [-0.25, -0.2) is 0 Å². The van der Waals surface area contributed by atoms with Gasteiger partial charge in [-0.05, 0) is 6.42 Å². The Bertz CT molecular complexity index is 569. The third-order valence-electron chi connectivity index (χ3n) is 7.84. The van der Waals surface area contributed by atoms with Gasteiger partial charge in [0, 0.05) is 6.42 Å². The Balaban J connectivity index is 3.32. The molecule has 238 valence electrons. The Kier molecular flexibility index (Phi) is 28.7. The third kappa shape index (κ3) is 24.8. The van der Waals surface area contributed by atoms with E-state index in [9.17, 15) is 24.9 Å². The van der Waals surface area contributed by atoms with Crippen LogP contribution in [0, 0.1) is 0 Å². The molecule has 0 bridgehead atoms. The highest BCUT2D eigenvalue weighted by molar-refractivity contribution is 5.86. The van der Waals surface area contributed by atoms with Crippen LogP contribution in [-0.4, -0.2) is 63.7 Å². The number of Topliss-reactive ketones (excluding diaryl/α,β-unsaturated/α-hetero) is 1. The molecule has 0 spiro atoms. The molecule has 0 radical (unpaired) electrons. The predicted octanol–water partition coefficient (Wildman–Crippen LogP) is 6.95. The third-order valence-corrected chi connectivity index (χ3v) is 7.84. The second-order valence-corrected chi connectivity index (χ2v) is 11.7. The second-order valence-electron chi connectivity index (χ2n) is 11.7. The number of rotatable bonds is 31. The molecule has 0 fully saturated rings. The first kappa shape index (κ1) is 39.0. The Morgan fingerprint density at radius 2 is 0.875 bits per heavy atom. The zero-order valence-electron chi connectivity index (χ0n) is 25.8. The van der Waals surface area contributed by atoms with Gasteiger partial charge in [-0.1, -0.05) is 155 Å². The summed E-state index contributed by atoms with van der Waals surface area (Å²) in [7, 11) is 0. The van der Waals surface area contributed by atoms with Crippen LogP contribution in [0.4, 0.5) is 0 Å². The largest absolute Gasteiger partial charge is 0.458 e. The summed E-state index contributed by atoms with van der Waals surface area (Å²) in [5.41, 5.74) is 0. The summed E-state index contributed by atoms with van der Waals surface area (Å²) in [4.78, 5) is 23.5. The second kappa shape index (κ2) is 29.5. The van der Waals surface area contributed by atoms with Gasteiger partial charge in [0.15, 0.2) is 6.61 Å². The van der Waals surface area contributed by atoms with Gasteiger partial charge < -0.3 is 25.2 Å². The minimum absolute atomic E-state index is 0.213. The molecule has 0 unspecified atom stereocenters. The van der Waals surface area contributed by atoms with Crippen molar-refractivity contribution >= 4 is 11.8 Å². The summed E-state index contributed by atoms with van der Waals surface area (Å²) < 4.78 is 4.84. The fourth-order valence-corrected chi connectivity index (χ4v) is 5.05. The van der Waals surface area contributed by atoms with Crippen molar-refractivity contribution in [2.45, 2.75) is 186 Å². The van der Waals surface area contributed by atoms with Gasteiger partial charge in [-0.15, -0.1) is 0 Å². The Morgan fingerprint density at radius 1 is 0.550 bits per heavy atom. The maximum Gasteiger partial charge on any atom is 0.306 e. The lowest BCUT2D eigenvalue weighted by Crippen LogP contribution is -2.45. The number of esters is 1. The first-order valence-electron chi connectivity index (χ1n) is 16.8. The van der Waals surface area contributed by atoms with Gasteiger partial charge in [0.2, 0.25) is 5.78 Å². The zero-order valence-corrected chi connectivity index (χ0v) is 25.8. The van der Waals surface area contributed by atoms with E-state index >= 15 is 0 Å². The minimum Gasteiger partial charge on any atom is -0.458 e. The molecule has 0 amide bonds. The van der Waals surface area contributed by atoms with E-state index in [1.54, 1.807) is 0 Å². The van der Waals surface area contributed by atoms with Crippen LogP contribution in [0.5, 0.6) is 0 Å². The van der Waals surface area contributed by atoms with Gasteiger partial charge in [-0.2, -0.15) is 0 Å². The molecule has 4 N–H and O–H groups in total. The molecule has 0 aliphatic heterocycles. The summed E-state index contributed by atoms with van der Waals surface area (Å²) in [6.45, 7) is 0.835. The lowest BCUT2D eigenvalue weighted by molar-refractivity contribution is -0.155. The molecule has 0 saturated carbocycles. The fourth-order valence-electron chi connectivity index (χ4n) is 5.05. The van der Waals surface area contributed by atoms with Crippen molar-refractivity contribution in [2.24, 2.45) is 0 Å². The topological polar surface area (TPSA) is 124 Å². The Labute approximate surface area is 245 Å². The van der Waals surface area contributed by atoms with E-state index in [1.807, 2.05) is 0 Å². The molecule has 0 aliphatic rings. The van der Waals surface area contributed by atoms with Gasteiger partial charge in [0.05, 0.1) is 6.61 Å². The molecule has 7 heteroatoms. The van der Waals surface area contributed by atoms with Crippen molar-refractivity contribution < 1.29 is 34.8 Å². The average Bonchev–Trinajstić information content (AvgIpc) is 2.96. The van der Waals surface area contributed by atoms with Crippen LogP contribution in [-0.2, 0) is 14.3 Å². The number of hydrogen-bond acceptors (Lipinski definition) is 7. The molecule has 0 rings (SSSR count). The maximum atomic E-state index is 11.7. The van der Waals surface area contributed by atoms with Crippen molar-refractivity contribution in [3.05, 3.63) is 0 Å². The molecule has 3 atom stereocenters. The molecule has 0 heterocycles. The molecule has 0 saturated heterocycles. The van der Waals surface area contributed by atoms with Crippen LogP contribution >= 0.6 is 0 Å². The SMILES string of the molecule is CCCCCCCCCCCCCCCCCCCCCCCCCCC(=O)OCC(=O)[C@H](O)[C@@H](O)[C@H](O)CO. The number of unbranched alkanes of at least 4 members (excludes halogenated alkanes) is 23. The number of aliphatic hydroxyl groups excluding tert-OH is 4.